The molecule has 0 atom stereocenters. The van der Waals surface area contributed by atoms with Gasteiger partial charge >= 0.3 is 0 Å². The van der Waals surface area contributed by atoms with E-state index in [4.69, 9.17) is 4.98 Å². The molecule has 1 aliphatic heterocycles. The highest BCUT2D eigenvalue weighted by Gasteiger charge is 2.26. The predicted molar refractivity (Wildman–Crippen MR) is 112 cm³/mol. The summed E-state index contributed by atoms with van der Waals surface area (Å²) in [5, 5.41) is 0. The monoisotopic (exact) mass is 420 g/mol. The van der Waals surface area contributed by atoms with Crippen LogP contribution in [0.1, 0.15) is 63.9 Å². The van der Waals surface area contributed by atoms with Crippen molar-refractivity contribution in [1.29, 1.82) is 0 Å². The number of rotatable bonds is 6. The SMILES string of the molecule is CC(C)c1cc(N2CCC(NS(=O)(=O)c3ccc(F)cc3)CC2)nc(C(C)C)n1. The molecule has 0 radical (unpaired) electrons. The normalized spacial score (nSPS) is 16.0. The lowest BCUT2D eigenvalue weighted by molar-refractivity contribution is 0.457. The summed E-state index contributed by atoms with van der Waals surface area (Å²) in [7, 11) is -3.66. The molecule has 0 aliphatic carbocycles. The fourth-order valence-corrected chi connectivity index (χ4v) is 4.62. The molecule has 1 saturated heterocycles. The first kappa shape index (κ1) is 21.6. The van der Waals surface area contributed by atoms with Crippen LogP contribution in [0.25, 0.3) is 0 Å². The van der Waals surface area contributed by atoms with Gasteiger partial charge in [-0.1, -0.05) is 27.7 Å². The number of benzene rings is 1. The lowest BCUT2D eigenvalue weighted by Gasteiger charge is -2.33. The van der Waals surface area contributed by atoms with E-state index in [0.717, 1.165) is 29.5 Å². The van der Waals surface area contributed by atoms with Gasteiger partial charge in [-0.2, -0.15) is 0 Å². The van der Waals surface area contributed by atoms with Crippen molar-refractivity contribution in [3.05, 3.63) is 47.7 Å². The molecule has 0 amide bonds. The standard InChI is InChI=1S/C21H29FN4O2S/c1-14(2)19-13-20(24-21(23-19)15(3)4)26-11-9-17(10-12-26)25-29(27,28)18-7-5-16(22)6-8-18/h5-8,13-15,17,25H,9-12H2,1-4H3. The molecular formula is C21H29FN4O2S. The maximum atomic E-state index is 13.1. The fraction of sp³-hybridized carbons (Fsp3) is 0.524. The van der Waals surface area contributed by atoms with Gasteiger partial charge in [0.1, 0.15) is 17.5 Å². The molecule has 1 N–H and O–H groups in total. The third kappa shape index (κ3) is 5.30. The number of aromatic nitrogens is 2. The van der Waals surface area contributed by atoms with Gasteiger partial charge in [0.05, 0.1) is 4.90 Å². The van der Waals surface area contributed by atoms with Gasteiger partial charge in [-0.3, -0.25) is 0 Å². The lowest BCUT2D eigenvalue weighted by atomic mass is 10.1. The molecule has 6 nitrogen and oxygen atoms in total. The van der Waals surface area contributed by atoms with Crippen LogP contribution in [0, 0.1) is 5.82 Å². The van der Waals surface area contributed by atoms with Crippen LogP contribution < -0.4 is 9.62 Å². The first-order chi connectivity index (χ1) is 13.7. The summed E-state index contributed by atoms with van der Waals surface area (Å²) in [6.07, 6.45) is 1.36. The highest BCUT2D eigenvalue weighted by atomic mass is 32.2. The second-order valence-electron chi connectivity index (χ2n) is 8.16. The van der Waals surface area contributed by atoms with Crippen LogP contribution in [0.5, 0.6) is 0 Å². The van der Waals surface area contributed by atoms with Gasteiger partial charge in [0.15, 0.2) is 0 Å². The minimum Gasteiger partial charge on any atom is -0.356 e. The lowest BCUT2D eigenvalue weighted by Crippen LogP contribution is -2.45. The Morgan fingerprint density at radius 3 is 2.21 bits per heavy atom. The van der Waals surface area contributed by atoms with Crippen molar-refractivity contribution in [3.8, 4) is 0 Å². The summed E-state index contributed by atoms with van der Waals surface area (Å²) < 4.78 is 40.9. The van der Waals surface area contributed by atoms with E-state index in [1.54, 1.807) is 0 Å². The van der Waals surface area contributed by atoms with Crippen LogP contribution in [0.3, 0.4) is 0 Å². The zero-order chi connectivity index (χ0) is 21.2. The van der Waals surface area contributed by atoms with Crippen LogP contribution in [0.2, 0.25) is 0 Å². The van der Waals surface area contributed by atoms with Gasteiger partial charge in [-0.25, -0.2) is 27.5 Å². The first-order valence-corrected chi connectivity index (χ1v) is 11.6. The zero-order valence-electron chi connectivity index (χ0n) is 17.4. The average Bonchev–Trinajstić information content (AvgIpc) is 2.68. The highest BCUT2D eigenvalue weighted by molar-refractivity contribution is 7.89. The van der Waals surface area contributed by atoms with Gasteiger partial charge in [-0.15, -0.1) is 0 Å². The predicted octanol–water partition coefficient (Wildman–Crippen LogP) is 3.81. The Labute approximate surface area is 172 Å². The minimum absolute atomic E-state index is 0.0836. The van der Waals surface area contributed by atoms with Crippen molar-refractivity contribution >= 4 is 15.8 Å². The van der Waals surface area contributed by atoms with E-state index in [-0.39, 0.29) is 16.9 Å². The number of hydrogen-bond acceptors (Lipinski definition) is 5. The van der Waals surface area contributed by atoms with Crippen LogP contribution in [-0.2, 0) is 10.0 Å². The second kappa shape index (κ2) is 8.75. The molecule has 8 heteroatoms. The van der Waals surface area contributed by atoms with E-state index in [1.807, 2.05) is 6.07 Å². The fourth-order valence-electron chi connectivity index (χ4n) is 3.32. The van der Waals surface area contributed by atoms with Crippen molar-refractivity contribution in [2.24, 2.45) is 0 Å². The quantitative estimate of drug-likeness (QED) is 0.769. The maximum Gasteiger partial charge on any atom is 0.240 e. The molecule has 0 spiro atoms. The Bertz CT molecular complexity index is 911. The Balaban J connectivity index is 1.68. The molecule has 1 aromatic carbocycles. The molecular weight excluding hydrogens is 391 g/mol. The number of nitrogens with zero attached hydrogens (tertiary/aromatic N) is 3. The number of nitrogens with one attached hydrogen (secondary N) is 1. The summed E-state index contributed by atoms with van der Waals surface area (Å²) in [6, 6.07) is 6.77. The Morgan fingerprint density at radius 1 is 1.03 bits per heavy atom. The van der Waals surface area contributed by atoms with Crippen molar-refractivity contribution in [3.63, 3.8) is 0 Å². The number of halogens is 1. The highest BCUT2D eigenvalue weighted by Crippen LogP contribution is 2.25. The summed E-state index contributed by atoms with van der Waals surface area (Å²) in [4.78, 5) is 11.7. The summed E-state index contributed by atoms with van der Waals surface area (Å²) in [5.41, 5.74) is 1.03. The second-order valence-corrected chi connectivity index (χ2v) is 9.87. The molecule has 1 aromatic heterocycles. The van der Waals surface area contributed by atoms with Crippen LogP contribution in [0.15, 0.2) is 35.2 Å². The number of piperidine rings is 1. The largest absolute Gasteiger partial charge is 0.356 e. The minimum atomic E-state index is -3.66. The average molecular weight is 421 g/mol. The molecule has 158 valence electrons. The van der Waals surface area contributed by atoms with Gasteiger partial charge in [0.25, 0.3) is 0 Å². The van der Waals surface area contributed by atoms with Gasteiger partial charge < -0.3 is 4.90 Å². The molecule has 2 aromatic rings. The summed E-state index contributed by atoms with van der Waals surface area (Å²) >= 11 is 0. The van der Waals surface area contributed by atoms with Crippen LogP contribution in [-0.4, -0.2) is 37.5 Å². The maximum absolute atomic E-state index is 13.1. The molecule has 0 unspecified atom stereocenters. The number of hydrogen-bond donors (Lipinski definition) is 1. The zero-order valence-corrected chi connectivity index (χ0v) is 18.2. The van der Waals surface area contributed by atoms with Crippen molar-refractivity contribution in [2.45, 2.75) is 63.3 Å². The molecule has 0 bridgehead atoms. The van der Waals surface area contributed by atoms with E-state index in [9.17, 15) is 12.8 Å². The molecule has 3 rings (SSSR count). The smallest absolute Gasteiger partial charge is 0.240 e. The summed E-state index contributed by atoms with van der Waals surface area (Å²) in [5.74, 6) is 1.85. The van der Waals surface area contributed by atoms with E-state index in [0.29, 0.717) is 31.8 Å². The topological polar surface area (TPSA) is 75.2 Å². The first-order valence-electron chi connectivity index (χ1n) is 10.1. The van der Waals surface area contributed by atoms with Crippen molar-refractivity contribution in [2.75, 3.05) is 18.0 Å². The third-order valence-electron chi connectivity index (χ3n) is 5.12. The third-order valence-corrected chi connectivity index (χ3v) is 6.66. The molecule has 1 aliphatic rings. The van der Waals surface area contributed by atoms with Gasteiger partial charge in [0, 0.05) is 36.8 Å². The Kier molecular flexibility index (Phi) is 6.53. The molecule has 0 saturated carbocycles. The number of anilines is 1. The summed E-state index contributed by atoms with van der Waals surface area (Å²) in [6.45, 7) is 9.82. The molecule has 1 fully saturated rings. The number of sulfonamides is 1. The molecule has 2 heterocycles. The van der Waals surface area contributed by atoms with Gasteiger partial charge in [-0.05, 0) is 43.0 Å². The van der Waals surface area contributed by atoms with Crippen LogP contribution >= 0.6 is 0 Å². The molecule has 29 heavy (non-hydrogen) atoms. The van der Waals surface area contributed by atoms with Crippen LogP contribution in [0.4, 0.5) is 10.2 Å². The van der Waals surface area contributed by atoms with E-state index in [2.05, 4.69) is 42.3 Å². The Morgan fingerprint density at radius 2 is 1.66 bits per heavy atom. The van der Waals surface area contributed by atoms with Crippen molar-refractivity contribution < 1.29 is 12.8 Å². The van der Waals surface area contributed by atoms with E-state index in [1.165, 1.54) is 12.1 Å². The Hall–Kier alpha value is -2.06. The van der Waals surface area contributed by atoms with Gasteiger partial charge in [0.2, 0.25) is 10.0 Å². The van der Waals surface area contributed by atoms with E-state index < -0.39 is 15.8 Å². The van der Waals surface area contributed by atoms with Crippen molar-refractivity contribution in [1.82, 2.24) is 14.7 Å². The van der Waals surface area contributed by atoms with E-state index >= 15 is 0 Å².